The average Bonchev–Trinajstić information content (AvgIpc) is 2.56. The molecule has 1 saturated heterocycles. The number of hydrogen-bond donors (Lipinski definition) is 3. The van der Waals surface area contributed by atoms with E-state index in [1.54, 1.807) is 0 Å². The zero-order valence-corrected chi connectivity index (χ0v) is 10.5. The van der Waals surface area contributed by atoms with Crippen molar-refractivity contribution in [1.82, 2.24) is 15.5 Å². The predicted octanol–water partition coefficient (Wildman–Crippen LogP) is -2.33. The number of ether oxygens (including phenoxy) is 1. The summed E-state index contributed by atoms with van der Waals surface area (Å²) in [4.78, 5) is 56.2. The molecule has 1 atom stereocenters. The Kier molecular flexibility index (Phi) is 5.15. The van der Waals surface area contributed by atoms with Gasteiger partial charge in [0.2, 0.25) is 5.91 Å². The molecule has 3 N–H and O–H groups in total. The maximum atomic E-state index is 11.5. The van der Waals surface area contributed by atoms with Gasteiger partial charge < -0.3 is 15.2 Å². The number of hydrogen-bond acceptors (Lipinski definition) is 6. The first-order valence-electron chi connectivity index (χ1n) is 5.51. The van der Waals surface area contributed by atoms with Gasteiger partial charge in [-0.2, -0.15) is 0 Å². The minimum Gasteiger partial charge on any atom is -0.480 e. The van der Waals surface area contributed by atoms with Gasteiger partial charge in [-0.05, 0) is 0 Å². The maximum absolute atomic E-state index is 11.5. The summed E-state index contributed by atoms with van der Waals surface area (Å²) in [5.41, 5.74) is 0. The molecule has 0 saturated carbocycles. The zero-order valence-electron chi connectivity index (χ0n) is 10.5. The van der Waals surface area contributed by atoms with Crippen LogP contribution >= 0.6 is 0 Å². The van der Waals surface area contributed by atoms with Crippen LogP contribution in [0.5, 0.6) is 0 Å². The molecule has 1 rings (SSSR count). The number of carbonyl (C=O) groups is 5. The van der Waals surface area contributed by atoms with Crippen molar-refractivity contribution in [2.24, 2.45) is 0 Å². The molecular formula is C10H13N3O7. The fourth-order valence-electron chi connectivity index (χ4n) is 1.46. The van der Waals surface area contributed by atoms with Crippen molar-refractivity contribution in [1.29, 1.82) is 0 Å². The number of carbonyl (C=O) groups excluding carboxylic acids is 4. The minimum absolute atomic E-state index is 0.174. The number of nitrogens with one attached hydrogen (secondary N) is 2. The van der Waals surface area contributed by atoms with Crippen LogP contribution in [0.25, 0.3) is 0 Å². The Balaban J connectivity index is 2.33. The first-order valence-corrected chi connectivity index (χ1v) is 5.51. The molecule has 10 nitrogen and oxygen atoms in total. The lowest BCUT2D eigenvalue weighted by molar-refractivity contribution is -0.143. The number of carboxylic acid groups (broad SMARTS) is 1. The molecule has 0 aromatic heterocycles. The molecule has 1 aliphatic rings. The molecule has 1 heterocycles. The maximum Gasteiger partial charge on any atom is 0.329 e. The highest BCUT2D eigenvalue weighted by molar-refractivity contribution is 6.07. The standard InChI is InChI=1S/C10H13N3O7/c1-13-7(15)2-5(9(13)18)11-10(19)12-6(14)3-20-4-8(16)17/h5H,2-4H2,1H3,(H,16,17)(H2,11,12,14,19). The van der Waals surface area contributed by atoms with Gasteiger partial charge in [0.15, 0.2) is 0 Å². The molecule has 10 heteroatoms. The van der Waals surface area contributed by atoms with Crippen LogP contribution in [0.3, 0.4) is 0 Å². The lowest BCUT2D eigenvalue weighted by Gasteiger charge is -2.11. The Morgan fingerprint density at radius 3 is 2.50 bits per heavy atom. The van der Waals surface area contributed by atoms with Gasteiger partial charge in [0.25, 0.3) is 11.8 Å². The summed E-state index contributed by atoms with van der Waals surface area (Å²) in [5.74, 6) is -3.12. The number of likely N-dealkylation sites (tertiary alicyclic amines) is 1. The normalized spacial score (nSPS) is 18.1. The first-order chi connectivity index (χ1) is 9.31. The van der Waals surface area contributed by atoms with Crippen molar-refractivity contribution in [3.05, 3.63) is 0 Å². The molecule has 0 spiro atoms. The van der Waals surface area contributed by atoms with Gasteiger partial charge in [-0.15, -0.1) is 0 Å². The molecule has 1 fully saturated rings. The van der Waals surface area contributed by atoms with Crippen LogP contribution in [0.2, 0.25) is 0 Å². The number of rotatable bonds is 5. The third kappa shape index (κ3) is 4.31. The van der Waals surface area contributed by atoms with E-state index in [4.69, 9.17) is 5.11 Å². The highest BCUT2D eigenvalue weighted by Gasteiger charge is 2.37. The second kappa shape index (κ2) is 6.61. The van der Waals surface area contributed by atoms with Crippen molar-refractivity contribution >= 4 is 29.7 Å². The molecule has 0 bridgehead atoms. The Labute approximate surface area is 113 Å². The summed E-state index contributed by atoms with van der Waals surface area (Å²) in [6.07, 6.45) is -0.174. The fourth-order valence-corrected chi connectivity index (χ4v) is 1.46. The predicted molar refractivity (Wildman–Crippen MR) is 61.3 cm³/mol. The van der Waals surface area contributed by atoms with Gasteiger partial charge in [-0.1, -0.05) is 0 Å². The average molecular weight is 287 g/mol. The second-order valence-corrected chi connectivity index (χ2v) is 3.96. The van der Waals surface area contributed by atoms with Gasteiger partial charge in [0.05, 0.1) is 6.42 Å². The molecule has 0 aliphatic carbocycles. The van der Waals surface area contributed by atoms with E-state index < -0.39 is 49.0 Å². The van der Waals surface area contributed by atoms with Crippen LogP contribution in [-0.2, 0) is 23.9 Å². The summed E-state index contributed by atoms with van der Waals surface area (Å²) in [6, 6.07) is -1.98. The molecule has 1 aliphatic heterocycles. The molecule has 0 aromatic carbocycles. The van der Waals surface area contributed by atoms with Crippen LogP contribution in [-0.4, -0.2) is 66.0 Å². The van der Waals surface area contributed by atoms with Gasteiger partial charge >= 0.3 is 12.0 Å². The Bertz CT molecular complexity index is 462. The largest absolute Gasteiger partial charge is 0.480 e. The van der Waals surface area contributed by atoms with Crippen molar-refractivity contribution in [2.45, 2.75) is 12.5 Å². The summed E-state index contributed by atoms with van der Waals surface area (Å²) >= 11 is 0. The van der Waals surface area contributed by atoms with E-state index in [0.717, 1.165) is 4.90 Å². The highest BCUT2D eigenvalue weighted by atomic mass is 16.5. The SMILES string of the molecule is CN1C(=O)CC(NC(=O)NC(=O)COCC(=O)O)C1=O. The van der Waals surface area contributed by atoms with Gasteiger partial charge in [0, 0.05) is 7.05 Å². The summed E-state index contributed by atoms with van der Waals surface area (Å²) in [6.45, 7) is -1.29. The van der Waals surface area contributed by atoms with Crippen molar-refractivity contribution in [3.8, 4) is 0 Å². The number of aliphatic carboxylic acids is 1. The van der Waals surface area contributed by atoms with E-state index in [9.17, 15) is 24.0 Å². The summed E-state index contributed by atoms with van der Waals surface area (Å²) in [5, 5.41) is 12.3. The van der Waals surface area contributed by atoms with Crippen LogP contribution in [0, 0.1) is 0 Å². The lowest BCUT2D eigenvalue weighted by Crippen LogP contribution is -2.48. The van der Waals surface area contributed by atoms with E-state index in [-0.39, 0.29) is 6.42 Å². The molecule has 0 aromatic rings. The van der Waals surface area contributed by atoms with Crippen LogP contribution in [0.15, 0.2) is 0 Å². The highest BCUT2D eigenvalue weighted by Crippen LogP contribution is 2.09. The minimum atomic E-state index is -1.25. The van der Waals surface area contributed by atoms with Gasteiger partial charge in [0.1, 0.15) is 19.3 Å². The monoisotopic (exact) mass is 287 g/mol. The van der Waals surface area contributed by atoms with Crippen LogP contribution in [0.1, 0.15) is 6.42 Å². The zero-order chi connectivity index (χ0) is 15.3. The second-order valence-electron chi connectivity index (χ2n) is 3.96. The molecule has 5 amide bonds. The van der Waals surface area contributed by atoms with E-state index in [1.807, 2.05) is 5.32 Å². The Hall–Kier alpha value is -2.49. The molecule has 110 valence electrons. The van der Waals surface area contributed by atoms with E-state index in [0.29, 0.717) is 0 Å². The van der Waals surface area contributed by atoms with E-state index in [2.05, 4.69) is 10.1 Å². The van der Waals surface area contributed by atoms with Gasteiger partial charge in [-0.3, -0.25) is 24.6 Å². The molecule has 1 unspecified atom stereocenters. The quantitative estimate of drug-likeness (QED) is 0.481. The summed E-state index contributed by atoms with van der Waals surface area (Å²) in [7, 11) is 1.29. The molecule has 20 heavy (non-hydrogen) atoms. The number of likely N-dealkylation sites (N-methyl/N-ethyl adjacent to an activating group) is 1. The van der Waals surface area contributed by atoms with Crippen LogP contribution in [0.4, 0.5) is 4.79 Å². The third-order valence-electron chi connectivity index (χ3n) is 2.40. The van der Waals surface area contributed by atoms with E-state index >= 15 is 0 Å². The number of carboxylic acids is 1. The summed E-state index contributed by atoms with van der Waals surface area (Å²) < 4.78 is 4.46. The number of imide groups is 2. The molecule has 0 radical (unpaired) electrons. The Morgan fingerprint density at radius 1 is 1.35 bits per heavy atom. The molecular weight excluding hydrogens is 274 g/mol. The first kappa shape index (κ1) is 15.6. The van der Waals surface area contributed by atoms with Crippen molar-refractivity contribution in [2.75, 3.05) is 20.3 Å². The number of urea groups is 1. The third-order valence-corrected chi connectivity index (χ3v) is 2.40. The lowest BCUT2D eigenvalue weighted by atomic mass is 10.2. The number of amides is 5. The van der Waals surface area contributed by atoms with Gasteiger partial charge in [-0.25, -0.2) is 9.59 Å². The number of nitrogens with zero attached hydrogens (tertiary/aromatic N) is 1. The van der Waals surface area contributed by atoms with Crippen molar-refractivity contribution in [3.63, 3.8) is 0 Å². The van der Waals surface area contributed by atoms with Crippen molar-refractivity contribution < 1.29 is 33.8 Å². The van der Waals surface area contributed by atoms with E-state index in [1.165, 1.54) is 7.05 Å². The van der Waals surface area contributed by atoms with Crippen LogP contribution < -0.4 is 10.6 Å². The topological polar surface area (TPSA) is 142 Å². The smallest absolute Gasteiger partial charge is 0.329 e. The Morgan fingerprint density at radius 2 is 2.00 bits per heavy atom. The fraction of sp³-hybridized carbons (Fsp3) is 0.500.